The van der Waals surface area contributed by atoms with Crippen LogP contribution in [0.4, 0.5) is 5.00 Å². The lowest BCUT2D eigenvalue weighted by Crippen LogP contribution is -2.24. The van der Waals surface area contributed by atoms with Crippen LogP contribution >= 0.6 is 11.3 Å². The van der Waals surface area contributed by atoms with E-state index in [4.69, 9.17) is 9.57 Å². The molecule has 0 aromatic carbocycles. The van der Waals surface area contributed by atoms with E-state index in [1.54, 1.807) is 19.2 Å². The number of amides is 2. The van der Waals surface area contributed by atoms with Crippen molar-refractivity contribution >= 4 is 28.2 Å². The zero-order valence-corrected chi connectivity index (χ0v) is 11.4. The van der Waals surface area contributed by atoms with Crippen molar-refractivity contribution in [1.82, 2.24) is 5.48 Å². The third kappa shape index (κ3) is 4.30. The number of carbonyl (C=O) groups is 2. The van der Waals surface area contributed by atoms with E-state index in [0.29, 0.717) is 23.1 Å². The molecule has 2 amide bonds. The zero-order chi connectivity index (χ0) is 13.7. The Morgan fingerprint density at radius 1 is 1.37 bits per heavy atom. The number of ether oxygens (including phenoxy) is 1. The summed E-state index contributed by atoms with van der Waals surface area (Å²) < 4.78 is 4.78. The smallest absolute Gasteiger partial charge is 0.284 e. The summed E-state index contributed by atoms with van der Waals surface area (Å²) in [4.78, 5) is 28.6. The third-order valence-electron chi connectivity index (χ3n) is 2.58. The predicted molar refractivity (Wildman–Crippen MR) is 71.0 cm³/mol. The average molecular weight is 284 g/mol. The lowest BCUT2D eigenvalue weighted by Gasteiger charge is -2.03. The summed E-state index contributed by atoms with van der Waals surface area (Å²) in [6, 6.07) is 3.37. The van der Waals surface area contributed by atoms with Crippen LogP contribution in [0.5, 0.6) is 0 Å². The van der Waals surface area contributed by atoms with Crippen LogP contribution in [0.15, 0.2) is 12.1 Å². The van der Waals surface area contributed by atoms with Crippen LogP contribution < -0.4 is 10.8 Å². The van der Waals surface area contributed by atoms with Gasteiger partial charge >= 0.3 is 0 Å². The van der Waals surface area contributed by atoms with Gasteiger partial charge in [-0.1, -0.05) is 0 Å². The first-order valence-corrected chi connectivity index (χ1v) is 6.84. The minimum atomic E-state index is -0.326. The molecule has 19 heavy (non-hydrogen) atoms. The summed E-state index contributed by atoms with van der Waals surface area (Å²) in [5, 5.41) is 3.47. The highest BCUT2D eigenvalue weighted by atomic mass is 32.1. The summed E-state index contributed by atoms with van der Waals surface area (Å²) in [6.45, 7) is 0.701. The number of thiophene rings is 1. The van der Waals surface area contributed by atoms with Crippen molar-refractivity contribution in [3.05, 3.63) is 17.0 Å². The molecule has 6 nitrogen and oxygen atoms in total. The standard InChI is InChI=1S/C12H16N2O4S/c1-17-6-7-18-14-12(16)9-4-5-10(19-9)13-11(15)8-2-3-8/h4-5,8H,2-3,6-7H2,1H3,(H,13,15)(H,14,16). The van der Waals surface area contributed by atoms with Crippen molar-refractivity contribution in [2.45, 2.75) is 12.8 Å². The molecule has 1 fully saturated rings. The SMILES string of the molecule is COCCONC(=O)c1ccc(NC(=O)C2CC2)s1. The number of nitrogens with one attached hydrogen (secondary N) is 2. The molecule has 104 valence electrons. The maximum absolute atomic E-state index is 11.7. The van der Waals surface area contributed by atoms with Crippen molar-refractivity contribution in [2.75, 3.05) is 25.6 Å². The van der Waals surface area contributed by atoms with Crippen LogP contribution in [-0.4, -0.2) is 32.1 Å². The number of anilines is 1. The number of hydrogen-bond acceptors (Lipinski definition) is 5. The first-order chi connectivity index (χ1) is 9.20. The highest BCUT2D eigenvalue weighted by molar-refractivity contribution is 7.18. The Labute approximate surface area is 115 Å². The van der Waals surface area contributed by atoms with Gasteiger partial charge in [0.25, 0.3) is 5.91 Å². The second-order valence-electron chi connectivity index (χ2n) is 4.20. The Morgan fingerprint density at radius 2 is 2.16 bits per heavy atom. The van der Waals surface area contributed by atoms with Crippen molar-refractivity contribution < 1.29 is 19.2 Å². The van der Waals surface area contributed by atoms with Gasteiger partial charge in [-0.3, -0.25) is 14.4 Å². The molecule has 0 aliphatic heterocycles. The van der Waals surface area contributed by atoms with Gasteiger partial charge in [0.1, 0.15) is 0 Å². The van der Waals surface area contributed by atoms with E-state index in [-0.39, 0.29) is 17.7 Å². The molecule has 1 aliphatic carbocycles. The van der Waals surface area contributed by atoms with Gasteiger partial charge in [-0.15, -0.1) is 11.3 Å². The molecule has 0 bridgehead atoms. The molecule has 2 rings (SSSR count). The van der Waals surface area contributed by atoms with Gasteiger partial charge < -0.3 is 10.1 Å². The van der Waals surface area contributed by atoms with Crippen LogP contribution in [0.1, 0.15) is 22.5 Å². The fourth-order valence-corrected chi connectivity index (χ4v) is 2.18. The number of carbonyl (C=O) groups excluding carboxylic acids is 2. The second kappa shape index (κ2) is 6.65. The molecule has 2 N–H and O–H groups in total. The van der Waals surface area contributed by atoms with E-state index in [9.17, 15) is 9.59 Å². The lowest BCUT2D eigenvalue weighted by atomic mass is 10.4. The molecule has 1 aromatic heterocycles. The molecular weight excluding hydrogens is 268 g/mol. The summed E-state index contributed by atoms with van der Waals surface area (Å²) in [5.74, 6) is -0.144. The Bertz CT molecular complexity index is 456. The van der Waals surface area contributed by atoms with E-state index in [1.807, 2.05) is 0 Å². The molecule has 0 radical (unpaired) electrons. The van der Waals surface area contributed by atoms with Crippen LogP contribution in [0.25, 0.3) is 0 Å². The minimum Gasteiger partial charge on any atom is -0.382 e. The van der Waals surface area contributed by atoms with Gasteiger partial charge in [0, 0.05) is 13.0 Å². The number of hydroxylamine groups is 1. The van der Waals surface area contributed by atoms with Gasteiger partial charge in [-0.2, -0.15) is 0 Å². The van der Waals surface area contributed by atoms with Crippen LogP contribution in [-0.2, 0) is 14.4 Å². The maximum Gasteiger partial charge on any atom is 0.284 e. The third-order valence-corrected chi connectivity index (χ3v) is 3.58. The molecule has 7 heteroatoms. The van der Waals surface area contributed by atoms with Gasteiger partial charge in [0.15, 0.2) is 0 Å². The first-order valence-electron chi connectivity index (χ1n) is 6.02. The van der Waals surface area contributed by atoms with E-state index < -0.39 is 0 Å². The van der Waals surface area contributed by atoms with Gasteiger partial charge in [-0.25, -0.2) is 5.48 Å². The van der Waals surface area contributed by atoms with Gasteiger partial charge in [-0.05, 0) is 25.0 Å². The molecule has 0 saturated heterocycles. The maximum atomic E-state index is 11.7. The van der Waals surface area contributed by atoms with Crippen molar-refractivity contribution in [2.24, 2.45) is 5.92 Å². The van der Waals surface area contributed by atoms with Gasteiger partial charge in [0.2, 0.25) is 5.91 Å². The highest BCUT2D eigenvalue weighted by Gasteiger charge is 2.29. The van der Waals surface area contributed by atoms with Crippen molar-refractivity contribution in [3.8, 4) is 0 Å². The normalized spacial score (nSPS) is 14.2. The van der Waals surface area contributed by atoms with Gasteiger partial charge in [0.05, 0.1) is 23.1 Å². The summed E-state index contributed by atoms with van der Waals surface area (Å²) in [7, 11) is 1.55. The molecule has 0 spiro atoms. The van der Waals surface area contributed by atoms with E-state index in [1.165, 1.54) is 11.3 Å². The Morgan fingerprint density at radius 3 is 2.84 bits per heavy atom. The molecule has 1 heterocycles. The first kappa shape index (κ1) is 14.0. The second-order valence-corrected chi connectivity index (χ2v) is 5.28. The van der Waals surface area contributed by atoms with E-state index in [2.05, 4.69) is 10.8 Å². The number of hydrogen-bond donors (Lipinski definition) is 2. The lowest BCUT2D eigenvalue weighted by molar-refractivity contribution is -0.117. The molecular formula is C12H16N2O4S. The average Bonchev–Trinajstić information content (AvgIpc) is 3.15. The Kier molecular flexibility index (Phi) is 4.89. The molecule has 0 atom stereocenters. The quantitative estimate of drug-likeness (QED) is 0.586. The Balaban J connectivity index is 1.78. The summed E-state index contributed by atoms with van der Waals surface area (Å²) in [6.07, 6.45) is 1.91. The van der Waals surface area contributed by atoms with Crippen LogP contribution in [0, 0.1) is 5.92 Å². The van der Waals surface area contributed by atoms with Crippen molar-refractivity contribution in [3.63, 3.8) is 0 Å². The topological polar surface area (TPSA) is 76.7 Å². The molecule has 0 unspecified atom stereocenters. The van der Waals surface area contributed by atoms with Crippen LogP contribution in [0.2, 0.25) is 0 Å². The number of rotatable bonds is 7. The highest BCUT2D eigenvalue weighted by Crippen LogP contribution is 2.31. The van der Waals surface area contributed by atoms with Crippen molar-refractivity contribution in [1.29, 1.82) is 0 Å². The summed E-state index contributed by atoms with van der Waals surface area (Å²) >= 11 is 1.22. The molecule has 1 saturated carbocycles. The molecule has 1 aromatic rings. The zero-order valence-electron chi connectivity index (χ0n) is 10.6. The summed E-state index contributed by atoms with van der Waals surface area (Å²) in [5.41, 5.74) is 2.31. The van der Waals surface area contributed by atoms with E-state index in [0.717, 1.165) is 12.8 Å². The van der Waals surface area contributed by atoms with Crippen LogP contribution in [0.3, 0.4) is 0 Å². The largest absolute Gasteiger partial charge is 0.382 e. The van der Waals surface area contributed by atoms with E-state index >= 15 is 0 Å². The molecule has 1 aliphatic rings. The fourth-order valence-electron chi connectivity index (χ4n) is 1.39. The monoisotopic (exact) mass is 284 g/mol. The number of methoxy groups -OCH3 is 1. The predicted octanol–water partition coefficient (Wildman–Crippen LogP) is 1.40. The minimum absolute atomic E-state index is 0.0325. The fraction of sp³-hybridized carbons (Fsp3) is 0.500. The Hall–Kier alpha value is -1.44.